The molecule has 0 spiro atoms. The fourth-order valence-electron chi connectivity index (χ4n) is 2.05. The van der Waals surface area contributed by atoms with Crippen LogP contribution in [0.5, 0.6) is 0 Å². The van der Waals surface area contributed by atoms with Crippen molar-refractivity contribution in [1.29, 1.82) is 0 Å². The second-order valence-electron chi connectivity index (χ2n) is 4.52. The van der Waals surface area contributed by atoms with Gasteiger partial charge in [-0.2, -0.15) is 0 Å². The van der Waals surface area contributed by atoms with Crippen LogP contribution in [0.25, 0.3) is 6.08 Å². The lowest BCUT2D eigenvalue weighted by Gasteiger charge is -2.00. The van der Waals surface area contributed by atoms with E-state index in [0.29, 0.717) is 0 Å². The van der Waals surface area contributed by atoms with Crippen LogP contribution in [0, 0.1) is 10.1 Å². The molecule has 1 aliphatic rings. The maximum Gasteiger partial charge on any atom is 0.363 e. The Bertz CT molecular complexity index is 810. The number of carbonyl (C=O) groups excluding carboxylic acids is 1. The highest BCUT2D eigenvalue weighted by atomic mass is 16.6. The van der Waals surface area contributed by atoms with Gasteiger partial charge in [-0.15, -0.1) is 0 Å². The van der Waals surface area contributed by atoms with E-state index in [-0.39, 0.29) is 22.8 Å². The molecule has 2 aromatic carbocycles. The first-order chi connectivity index (χ1) is 10.6. The Morgan fingerprint density at radius 2 is 1.73 bits per heavy atom. The first kappa shape index (κ1) is 13.7. The lowest BCUT2D eigenvalue weighted by molar-refractivity contribution is -0.385. The largest absolute Gasteiger partial charge is 0.402 e. The predicted molar refractivity (Wildman–Crippen MR) is 80.1 cm³/mol. The topological polar surface area (TPSA) is 81.8 Å². The molecule has 0 N–H and O–H groups in total. The van der Waals surface area contributed by atoms with Crippen LogP contribution in [-0.4, -0.2) is 16.8 Å². The van der Waals surface area contributed by atoms with E-state index in [1.165, 1.54) is 12.1 Å². The van der Waals surface area contributed by atoms with Crippen LogP contribution in [0.3, 0.4) is 0 Å². The van der Waals surface area contributed by atoms with Gasteiger partial charge in [0.2, 0.25) is 5.90 Å². The Morgan fingerprint density at radius 3 is 2.45 bits per heavy atom. The molecule has 0 fully saturated rings. The molecule has 2 aromatic rings. The maximum absolute atomic E-state index is 11.9. The molecule has 0 amide bonds. The second-order valence-corrected chi connectivity index (χ2v) is 4.52. The number of esters is 1. The van der Waals surface area contributed by atoms with E-state index in [0.717, 1.165) is 5.56 Å². The van der Waals surface area contributed by atoms with Crippen molar-refractivity contribution in [3.05, 3.63) is 81.5 Å². The van der Waals surface area contributed by atoms with Crippen LogP contribution >= 0.6 is 0 Å². The number of hydrogen-bond acceptors (Lipinski definition) is 5. The summed E-state index contributed by atoms with van der Waals surface area (Å²) in [7, 11) is 0. The first-order valence-corrected chi connectivity index (χ1v) is 6.46. The van der Waals surface area contributed by atoms with Gasteiger partial charge in [0, 0.05) is 6.07 Å². The third-order valence-electron chi connectivity index (χ3n) is 3.05. The van der Waals surface area contributed by atoms with Gasteiger partial charge in [-0.3, -0.25) is 10.1 Å². The molecule has 0 saturated heterocycles. The quantitative estimate of drug-likeness (QED) is 0.377. The minimum absolute atomic E-state index is 0.0560. The number of aliphatic imine (C=N–C) groups is 1. The molecule has 0 saturated carbocycles. The third kappa shape index (κ3) is 2.62. The van der Waals surface area contributed by atoms with E-state index in [9.17, 15) is 14.9 Å². The summed E-state index contributed by atoms with van der Waals surface area (Å²) in [5.74, 6) is -0.684. The van der Waals surface area contributed by atoms with Crippen LogP contribution in [0.15, 0.2) is 65.3 Å². The van der Waals surface area contributed by atoms with Gasteiger partial charge in [-0.25, -0.2) is 9.79 Å². The molecule has 0 bridgehead atoms. The maximum atomic E-state index is 11.9. The minimum atomic E-state index is -0.628. The Hall–Kier alpha value is -3.28. The van der Waals surface area contributed by atoms with Gasteiger partial charge in [0.1, 0.15) is 5.56 Å². The normalized spacial score (nSPS) is 15.5. The summed E-state index contributed by atoms with van der Waals surface area (Å²) in [4.78, 5) is 26.4. The van der Waals surface area contributed by atoms with Gasteiger partial charge in [-0.05, 0) is 17.7 Å². The molecule has 0 atom stereocenters. The molecule has 0 aliphatic carbocycles. The summed E-state index contributed by atoms with van der Waals surface area (Å²) in [5.41, 5.74) is 0.925. The van der Waals surface area contributed by atoms with Gasteiger partial charge in [0.05, 0.1) is 4.92 Å². The van der Waals surface area contributed by atoms with Crippen molar-refractivity contribution >= 4 is 23.6 Å². The SMILES string of the molecule is O=C1OC(c2ccccc2[N+](=O)[O-])=N/C1=C\c1ccccc1. The molecular formula is C16H10N2O4. The van der Waals surface area contributed by atoms with Crippen molar-refractivity contribution < 1.29 is 14.5 Å². The van der Waals surface area contributed by atoms with Crippen LogP contribution in [0.1, 0.15) is 11.1 Å². The van der Waals surface area contributed by atoms with E-state index >= 15 is 0 Å². The summed E-state index contributed by atoms with van der Waals surface area (Å²) in [5, 5.41) is 11.0. The molecule has 108 valence electrons. The number of benzene rings is 2. The number of carbonyl (C=O) groups is 1. The minimum Gasteiger partial charge on any atom is -0.402 e. The fraction of sp³-hybridized carbons (Fsp3) is 0. The smallest absolute Gasteiger partial charge is 0.363 e. The van der Waals surface area contributed by atoms with Crippen molar-refractivity contribution in [3.63, 3.8) is 0 Å². The molecule has 0 aromatic heterocycles. The van der Waals surface area contributed by atoms with Crippen molar-refractivity contribution in [1.82, 2.24) is 0 Å². The van der Waals surface area contributed by atoms with Gasteiger partial charge in [-0.1, -0.05) is 42.5 Å². The van der Waals surface area contributed by atoms with E-state index in [2.05, 4.69) is 4.99 Å². The number of nitro groups is 1. The number of nitro benzene ring substituents is 1. The molecule has 1 heterocycles. The highest BCUT2D eigenvalue weighted by Gasteiger charge is 2.28. The van der Waals surface area contributed by atoms with Gasteiger partial charge in [0.15, 0.2) is 5.70 Å². The molecule has 0 unspecified atom stereocenters. The Labute approximate surface area is 125 Å². The molecule has 6 heteroatoms. The van der Waals surface area contributed by atoms with Crippen LogP contribution < -0.4 is 0 Å². The molecule has 3 rings (SSSR count). The number of nitrogens with zero attached hydrogens (tertiary/aromatic N) is 2. The zero-order valence-electron chi connectivity index (χ0n) is 11.3. The van der Waals surface area contributed by atoms with E-state index in [1.54, 1.807) is 18.2 Å². The summed E-state index contributed by atoms with van der Waals surface area (Å²) in [6.45, 7) is 0. The summed E-state index contributed by atoms with van der Waals surface area (Å²) >= 11 is 0. The standard InChI is InChI=1S/C16H10N2O4/c19-16-13(10-11-6-2-1-3-7-11)17-15(22-16)12-8-4-5-9-14(12)18(20)21/h1-10H/b13-10-. The molecular weight excluding hydrogens is 284 g/mol. The summed E-state index contributed by atoms with van der Waals surface area (Å²) < 4.78 is 5.06. The highest BCUT2D eigenvalue weighted by molar-refractivity contribution is 6.14. The number of para-hydroxylation sites is 1. The van der Waals surface area contributed by atoms with Crippen molar-refractivity contribution in [3.8, 4) is 0 Å². The zero-order chi connectivity index (χ0) is 15.5. The Morgan fingerprint density at radius 1 is 1.05 bits per heavy atom. The average molecular weight is 294 g/mol. The van der Waals surface area contributed by atoms with E-state index < -0.39 is 10.9 Å². The number of cyclic esters (lactones) is 1. The fourth-order valence-corrected chi connectivity index (χ4v) is 2.05. The van der Waals surface area contributed by atoms with Crippen molar-refractivity contribution in [2.75, 3.05) is 0 Å². The van der Waals surface area contributed by atoms with Crippen LogP contribution in [0.4, 0.5) is 5.69 Å². The monoisotopic (exact) mass is 294 g/mol. The summed E-state index contributed by atoms with van der Waals surface area (Å²) in [6, 6.07) is 15.2. The average Bonchev–Trinajstić information content (AvgIpc) is 2.89. The number of ether oxygens (including phenoxy) is 1. The molecule has 0 radical (unpaired) electrons. The molecule has 22 heavy (non-hydrogen) atoms. The highest BCUT2D eigenvalue weighted by Crippen LogP contribution is 2.24. The van der Waals surface area contributed by atoms with Crippen molar-refractivity contribution in [2.24, 2.45) is 4.99 Å². The second kappa shape index (κ2) is 5.61. The van der Waals surface area contributed by atoms with Gasteiger partial charge < -0.3 is 4.74 Å². The zero-order valence-corrected chi connectivity index (χ0v) is 11.3. The molecule has 1 aliphatic heterocycles. The van der Waals surface area contributed by atoms with E-state index in [1.807, 2.05) is 30.3 Å². The number of rotatable bonds is 3. The summed E-state index contributed by atoms with van der Waals surface area (Å²) in [6.07, 6.45) is 1.57. The van der Waals surface area contributed by atoms with E-state index in [4.69, 9.17) is 4.74 Å². The van der Waals surface area contributed by atoms with Crippen molar-refractivity contribution in [2.45, 2.75) is 0 Å². The van der Waals surface area contributed by atoms with Crippen LogP contribution in [-0.2, 0) is 9.53 Å². The third-order valence-corrected chi connectivity index (χ3v) is 3.05. The van der Waals surface area contributed by atoms with Gasteiger partial charge >= 0.3 is 5.97 Å². The molecule has 6 nitrogen and oxygen atoms in total. The first-order valence-electron chi connectivity index (χ1n) is 6.46. The van der Waals surface area contributed by atoms with Crippen LogP contribution in [0.2, 0.25) is 0 Å². The van der Waals surface area contributed by atoms with Gasteiger partial charge in [0.25, 0.3) is 5.69 Å². The Kier molecular flexibility index (Phi) is 3.49. The Balaban J connectivity index is 2.01. The number of hydrogen-bond donors (Lipinski definition) is 0. The lowest BCUT2D eigenvalue weighted by Crippen LogP contribution is -2.07. The lowest BCUT2D eigenvalue weighted by atomic mass is 10.2. The predicted octanol–water partition coefficient (Wildman–Crippen LogP) is 2.94.